The Morgan fingerprint density at radius 3 is 1.93 bits per heavy atom. The molecule has 4 nitrogen and oxygen atoms in total. The molecule has 0 aliphatic heterocycles. The minimum Gasteiger partial charge on any atom is -0.480 e. The maximum atomic E-state index is 11.8. The van der Waals surface area contributed by atoms with Gasteiger partial charge in [-0.3, -0.25) is 9.59 Å². The topological polar surface area (TPSA) is 80.4 Å². The van der Waals surface area contributed by atoms with Crippen molar-refractivity contribution >= 4 is 58.2 Å². The molecule has 0 bridgehead atoms. The van der Waals surface area contributed by atoms with Crippen LogP contribution in [0.3, 0.4) is 0 Å². The molecule has 1 atom stereocenters. The highest BCUT2D eigenvalue weighted by Gasteiger charge is 2.14. The minimum absolute atomic E-state index is 0.0208. The van der Waals surface area contributed by atoms with E-state index in [0.29, 0.717) is 20.6 Å². The lowest BCUT2D eigenvalue weighted by atomic mass is 10.00. The number of hydrogen-bond donors (Lipinski definition) is 2. The second-order valence-corrected chi connectivity index (χ2v) is 7.68. The molecule has 0 aliphatic carbocycles. The molecule has 0 fully saturated rings. The normalized spacial score (nSPS) is 12.2. The molecule has 0 aromatic heterocycles. The number of allylic oxidation sites excluding steroid dienone is 1. The third-order valence-electron chi connectivity index (χ3n) is 3.80. The van der Waals surface area contributed by atoms with E-state index < -0.39 is 12.0 Å². The fourth-order valence-corrected chi connectivity index (χ4v) is 2.67. The Morgan fingerprint density at radius 1 is 1.00 bits per heavy atom. The predicted octanol–water partition coefficient (Wildman–Crippen LogP) is 5.83. The summed E-state index contributed by atoms with van der Waals surface area (Å²) in [6, 6.07) is 11.6. The Labute approximate surface area is 179 Å². The molecule has 2 aromatic rings. The van der Waals surface area contributed by atoms with Gasteiger partial charge in [-0.05, 0) is 54.3 Å². The number of halogens is 3. The number of nitrogens with two attached hydrogens (primary N) is 1. The maximum Gasteiger partial charge on any atom is 0.320 e. The van der Waals surface area contributed by atoms with Crippen molar-refractivity contribution < 1.29 is 14.7 Å². The zero-order chi connectivity index (χ0) is 21.4. The van der Waals surface area contributed by atoms with E-state index in [0.717, 1.165) is 11.1 Å². The van der Waals surface area contributed by atoms with E-state index in [1.807, 2.05) is 0 Å². The van der Waals surface area contributed by atoms with Crippen molar-refractivity contribution in [2.24, 2.45) is 11.7 Å². The zero-order valence-electron chi connectivity index (χ0n) is 15.7. The number of carboxylic acid groups (broad SMARTS) is 1. The number of benzene rings is 2. The molecule has 0 saturated carbocycles. The number of hydrogen-bond acceptors (Lipinski definition) is 3. The average molecular weight is 443 g/mol. The van der Waals surface area contributed by atoms with Gasteiger partial charge in [0.25, 0.3) is 0 Å². The van der Waals surface area contributed by atoms with Crippen LogP contribution in [0.4, 0.5) is 0 Å². The number of Topliss-reactive ketones (excluding diaryl/α,β-unsaturated/α-hetero) is 1. The van der Waals surface area contributed by atoms with E-state index >= 15 is 0 Å². The number of rotatable bonds is 5. The molecule has 0 spiro atoms. The summed E-state index contributed by atoms with van der Waals surface area (Å²) in [5.41, 5.74) is 7.28. The van der Waals surface area contributed by atoms with Crippen molar-refractivity contribution in [3.05, 3.63) is 68.7 Å². The van der Waals surface area contributed by atoms with Crippen LogP contribution in [-0.4, -0.2) is 22.9 Å². The molecule has 0 unspecified atom stereocenters. The van der Waals surface area contributed by atoms with Crippen LogP contribution >= 0.6 is 34.8 Å². The fraction of sp³-hybridized carbons (Fsp3) is 0.238. The summed E-state index contributed by atoms with van der Waals surface area (Å²) >= 11 is 17.9. The first-order valence-electron chi connectivity index (χ1n) is 8.45. The van der Waals surface area contributed by atoms with E-state index in [4.69, 9.17) is 45.6 Å². The van der Waals surface area contributed by atoms with Gasteiger partial charge in [-0.1, -0.05) is 66.8 Å². The van der Waals surface area contributed by atoms with E-state index in [-0.39, 0.29) is 11.7 Å². The molecule has 2 rings (SSSR count). The number of carbonyl (C=O) groups excluding carboxylic acids is 1. The van der Waals surface area contributed by atoms with E-state index in [2.05, 4.69) is 0 Å². The van der Waals surface area contributed by atoms with Crippen molar-refractivity contribution in [1.82, 2.24) is 0 Å². The highest BCUT2D eigenvalue weighted by Crippen LogP contribution is 2.27. The van der Waals surface area contributed by atoms with Gasteiger partial charge < -0.3 is 10.8 Å². The van der Waals surface area contributed by atoms with Gasteiger partial charge in [0.05, 0.1) is 0 Å². The van der Waals surface area contributed by atoms with Gasteiger partial charge in [-0.2, -0.15) is 0 Å². The summed E-state index contributed by atoms with van der Waals surface area (Å²) in [6.07, 6.45) is 1.75. The molecule has 150 valence electrons. The molecule has 0 radical (unpaired) electrons. The lowest BCUT2D eigenvalue weighted by Gasteiger charge is -2.07. The summed E-state index contributed by atoms with van der Waals surface area (Å²) in [7, 11) is 0. The molecule has 0 saturated heterocycles. The Balaban J connectivity index is 0.000000416. The molecule has 3 N–H and O–H groups in total. The molecule has 28 heavy (non-hydrogen) atoms. The van der Waals surface area contributed by atoms with Crippen LogP contribution in [0.25, 0.3) is 11.6 Å². The second-order valence-electron chi connectivity index (χ2n) is 6.39. The van der Waals surface area contributed by atoms with Gasteiger partial charge in [-0.25, -0.2) is 0 Å². The fourth-order valence-electron chi connectivity index (χ4n) is 2.08. The summed E-state index contributed by atoms with van der Waals surface area (Å²) < 4.78 is 0. The van der Waals surface area contributed by atoms with Gasteiger partial charge in [0.1, 0.15) is 6.04 Å². The number of carbonyl (C=O) groups is 2. The zero-order valence-corrected chi connectivity index (χ0v) is 18.0. The van der Waals surface area contributed by atoms with Crippen LogP contribution in [0.2, 0.25) is 15.1 Å². The molecule has 0 amide bonds. The summed E-state index contributed by atoms with van der Waals surface area (Å²) in [5, 5.41) is 9.92. The first-order valence-corrected chi connectivity index (χ1v) is 9.58. The third-order valence-corrected chi connectivity index (χ3v) is 4.61. The van der Waals surface area contributed by atoms with Crippen molar-refractivity contribution in [3.63, 3.8) is 0 Å². The maximum absolute atomic E-state index is 11.8. The second kappa shape index (κ2) is 11.2. The summed E-state index contributed by atoms with van der Waals surface area (Å²) in [4.78, 5) is 21.9. The quantitative estimate of drug-likeness (QED) is 0.451. The van der Waals surface area contributed by atoms with Gasteiger partial charge >= 0.3 is 5.97 Å². The monoisotopic (exact) mass is 441 g/mol. The van der Waals surface area contributed by atoms with Crippen molar-refractivity contribution in [2.45, 2.75) is 26.8 Å². The SMILES string of the molecule is CC(=O)/C(=C\c1ccc(Cl)cc1Cl)c1ccc(Cl)cc1.CC(C)[C@H](N)C(=O)O. The number of aliphatic carboxylic acids is 1. The van der Waals surface area contributed by atoms with Crippen LogP contribution in [0, 0.1) is 5.92 Å². The van der Waals surface area contributed by atoms with Crippen molar-refractivity contribution in [2.75, 3.05) is 0 Å². The van der Waals surface area contributed by atoms with Crippen molar-refractivity contribution in [1.29, 1.82) is 0 Å². The highest BCUT2D eigenvalue weighted by molar-refractivity contribution is 6.36. The van der Waals surface area contributed by atoms with E-state index in [1.54, 1.807) is 62.4 Å². The van der Waals surface area contributed by atoms with Crippen LogP contribution in [-0.2, 0) is 9.59 Å². The number of ketones is 1. The van der Waals surface area contributed by atoms with Crippen molar-refractivity contribution in [3.8, 4) is 0 Å². The van der Waals surface area contributed by atoms with Gasteiger partial charge in [-0.15, -0.1) is 0 Å². The molecule has 0 aliphatic rings. The van der Waals surface area contributed by atoms with Crippen LogP contribution in [0.1, 0.15) is 31.9 Å². The van der Waals surface area contributed by atoms with Crippen LogP contribution < -0.4 is 5.73 Å². The Hall–Kier alpha value is -1.85. The molecule has 2 aromatic carbocycles. The average Bonchev–Trinajstić information content (AvgIpc) is 2.61. The summed E-state index contributed by atoms with van der Waals surface area (Å²) in [6.45, 7) is 5.07. The standard InChI is InChI=1S/C16H11Cl3O.C5H11NO2/c1-10(20)15(11-2-5-13(17)6-3-11)8-12-4-7-14(18)9-16(12)19;1-3(2)4(6)5(7)8/h2-9H,1H3;3-4H,6H2,1-2H3,(H,7,8)/b15-8+;/t;4-/m.0/s1. The Bertz CT molecular complexity index is 862. The van der Waals surface area contributed by atoms with Gasteiger partial charge in [0.15, 0.2) is 5.78 Å². The molecule has 7 heteroatoms. The van der Waals surface area contributed by atoms with E-state index in [1.165, 1.54) is 6.92 Å². The third kappa shape index (κ3) is 7.64. The van der Waals surface area contributed by atoms with Gasteiger partial charge in [0.2, 0.25) is 0 Å². The van der Waals surface area contributed by atoms with Crippen LogP contribution in [0.15, 0.2) is 42.5 Å². The minimum atomic E-state index is -0.931. The van der Waals surface area contributed by atoms with Crippen LogP contribution in [0.5, 0.6) is 0 Å². The Morgan fingerprint density at radius 2 is 1.54 bits per heavy atom. The lowest BCUT2D eigenvalue weighted by Crippen LogP contribution is -2.34. The Kier molecular flexibility index (Phi) is 9.70. The van der Waals surface area contributed by atoms with Gasteiger partial charge in [0, 0.05) is 20.6 Å². The lowest BCUT2D eigenvalue weighted by molar-refractivity contribution is -0.139. The van der Waals surface area contributed by atoms with E-state index in [9.17, 15) is 9.59 Å². The largest absolute Gasteiger partial charge is 0.480 e. The first-order chi connectivity index (χ1) is 13.0. The molecule has 0 heterocycles. The molecular weight excluding hydrogens is 421 g/mol. The molecular formula is C21H22Cl3NO3. The first kappa shape index (κ1) is 24.2. The number of carboxylic acids is 1. The highest BCUT2D eigenvalue weighted by atomic mass is 35.5. The summed E-state index contributed by atoms with van der Waals surface area (Å²) in [5.74, 6) is -0.953. The smallest absolute Gasteiger partial charge is 0.320 e. The predicted molar refractivity (Wildman–Crippen MR) is 117 cm³/mol.